The lowest BCUT2D eigenvalue weighted by atomic mass is 9.96. The van der Waals surface area contributed by atoms with Gasteiger partial charge in [0.25, 0.3) is 0 Å². The molecule has 3 rings (SSSR count). The van der Waals surface area contributed by atoms with E-state index in [0.29, 0.717) is 12.0 Å². The zero-order valence-electron chi connectivity index (χ0n) is 10.2. The number of nitrogens with zero attached hydrogens (tertiary/aromatic N) is 1. The minimum atomic E-state index is 0.694. The molecule has 2 heteroatoms. The van der Waals surface area contributed by atoms with Crippen LogP contribution in [-0.2, 0) is 0 Å². The summed E-state index contributed by atoms with van der Waals surface area (Å²) >= 11 is 0. The predicted molar refractivity (Wildman–Crippen MR) is 71.2 cm³/mol. The van der Waals surface area contributed by atoms with Gasteiger partial charge in [-0.05, 0) is 49.9 Å². The zero-order chi connectivity index (χ0) is 11.7. The Morgan fingerprint density at radius 1 is 1.24 bits per heavy atom. The topological polar surface area (TPSA) is 24.9 Å². The fourth-order valence-corrected chi connectivity index (χ4v) is 2.88. The molecule has 2 atom stereocenters. The van der Waals surface area contributed by atoms with E-state index in [0.717, 1.165) is 5.52 Å². The number of aromatic nitrogens is 1. The van der Waals surface area contributed by atoms with Crippen molar-refractivity contribution >= 4 is 10.9 Å². The molecule has 0 saturated heterocycles. The van der Waals surface area contributed by atoms with Crippen LogP contribution in [0, 0.1) is 0 Å². The summed E-state index contributed by atoms with van der Waals surface area (Å²) in [7, 11) is 2.06. The zero-order valence-corrected chi connectivity index (χ0v) is 10.2. The number of nitrogens with one attached hydrogen (secondary N) is 1. The predicted octanol–water partition coefficient (Wildman–Crippen LogP) is 3.09. The molecule has 1 aromatic heterocycles. The molecule has 0 aliphatic heterocycles. The molecule has 1 aliphatic carbocycles. The normalized spacial score (nSPS) is 24.3. The van der Waals surface area contributed by atoms with Crippen LogP contribution in [0.4, 0.5) is 0 Å². The van der Waals surface area contributed by atoms with Crippen LogP contribution < -0.4 is 5.32 Å². The molecule has 0 spiro atoms. The van der Waals surface area contributed by atoms with Gasteiger partial charge in [-0.2, -0.15) is 0 Å². The summed E-state index contributed by atoms with van der Waals surface area (Å²) in [4.78, 5) is 4.44. The minimum absolute atomic E-state index is 0.694. The second-order valence-corrected chi connectivity index (χ2v) is 4.95. The molecule has 1 fully saturated rings. The molecule has 88 valence electrons. The summed E-state index contributed by atoms with van der Waals surface area (Å²) < 4.78 is 0. The lowest BCUT2D eigenvalue weighted by molar-refractivity contribution is 0.572. The van der Waals surface area contributed by atoms with Crippen molar-refractivity contribution in [3.8, 4) is 0 Å². The van der Waals surface area contributed by atoms with Gasteiger partial charge in [-0.1, -0.05) is 18.2 Å². The number of pyridine rings is 1. The summed E-state index contributed by atoms with van der Waals surface area (Å²) in [5.74, 6) is 0.707. The quantitative estimate of drug-likeness (QED) is 0.851. The lowest BCUT2D eigenvalue weighted by Crippen LogP contribution is -2.21. The molecule has 0 bridgehead atoms. The van der Waals surface area contributed by atoms with E-state index in [1.54, 1.807) is 0 Å². The van der Waals surface area contributed by atoms with Gasteiger partial charge in [0, 0.05) is 17.6 Å². The first-order valence-electron chi connectivity index (χ1n) is 6.39. The Morgan fingerprint density at radius 3 is 3.00 bits per heavy atom. The fourth-order valence-electron chi connectivity index (χ4n) is 2.88. The van der Waals surface area contributed by atoms with Crippen molar-refractivity contribution in [2.45, 2.75) is 31.2 Å². The Labute approximate surface area is 102 Å². The van der Waals surface area contributed by atoms with Crippen LogP contribution >= 0.6 is 0 Å². The Bertz CT molecular complexity index is 521. The van der Waals surface area contributed by atoms with Crippen molar-refractivity contribution in [2.75, 3.05) is 7.05 Å². The number of rotatable bonds is 2. The van der Waals surface area contributed by atoms with Gasteiger partial charge in [0.15, 0.2) is 0 Å². The van der Waals surface area contributed by atoms with Crippen molar-refractivity contribution in [3.05, 3.63) is 42.1 Å². The van der Waals surface area contributed by atoms with Gasteiger partial charge in [0.2, 0.25) is 0 Å². The van der Waals surface area contributed by atoms with E-state index in [1.807, 2.05) is 12.3 Å². The number of benzene rings is 1. The van der Waals surface area contributed by atoms with E-state index in [2.05, 4.69) is 41.6 Å². The van der Waals surface area contributed by atoms with Gasteiger partial charge in [-0.25, -0.2) is 0 Å². The second-order valence-electron chi connectivity index (χ2n) is 4.95. The molecule has 2 nitrogen and oxygen atoms in total. The van der Waals surface area contributed by atoms with Crippen molar-refractivity contribution in [3.63, 3.8) is 0 Å². The van der Waals surface area contributed by atoms with E-state index in [1.165, 1.54) is 30.2 Å². The smallest absolute Gasteiger partial charge is 0.0704 e. The van der Waals surface area contributed by atoms with E-state index in [4.69, 9.17) is 0 Å². The second kappa shape index (κ2) is 4.46. The molecule has 1 saturated carbocycles. The monoisotopic (exact) mass is 226 g/mol. The van der Waals surface area contributed by atoms with Crippen molar-refractivity contribution < 1.29 is 0 Å². The van der Waals surface area contributed by atoms with Crippen LogP contribution in [0.1, 0.15) is 30.7 Å². The van der Waals surface area contributed by atoms with Crippen LogP contribution in [0.5, 0.6) is 0 Å². The van der Waals surface area contributed by atoms with Gasteiger partial charge >= 0.3 is 0 Å². The Kier molecular flexibility index (Phi) is 2.81. The maximum absolute atomic E-state index is 4.44. The molecule has 1 N–H and O–H groups in total. The lowest BCUT2D eigenvalue weighted by Gasteiger charge is -2.11. The van der Waals surface area contributed by atoms with Gasteiger partial charge in [0.1, 0.15) is 0 Å². The van der Waals surface area contributed by atoms with Crippen LogP contribution in [-0.4, -0.2) is 18.1 Å². The maximum Gasteiger partial charge on any atom is 0.0704 e. The Hall–Kier alpha value is -1.41. The molecule has 17 heavy (non-hydrogen) atoms. The van der Waals surface area contributed by atoms with Crippen LogP contribution in [0.2, 0.25) is 0 Å². The Balaban J connectivity index is 1.91. The average molecular weight is 226 g/mol. The van der Waals surface area contributed by atoms with Gasteiger partial charge < -0.3 is 5.32 Å². The van der Waals surface area contributed by atoms with E-state index < -0.39 is 0 Å². The van der Waals surface area contributed by atoms with Crippen LogP contribution in [0.15, 0.2) is 36.5 Å². The first kappa shape index (κ1) is 10.7. The third-order valence-corrected chi connectivity index (χ3v) is 3.94. The molecule has 1 aromatic carbocycles. The molecule has 0 radical (unpaired) electrons. The van der Waals surface area contributed by atoms with E-state index in [9.17, 15) is 0 Å². The summed E-state index contributed by atoms with van der Waals surface area (Å²) in [5, 5.41) is 4.62. The summed E-state index contributed by atoms with van der Waals surface area (Å²) in [5.41, 5.74) is 2.58. The van der Waals surface area contributed by atoms with Gasteiger partial charge in [0.05, 0.1) is 5.52 Å². The average Bonchev–Trinajstić information content (AvgIpc) is 2.87. The summed E-state index contributed by atoms with van der Waals surface area (Å²) in [6, 6.07) is 11.5. The molecular formula is C15H18N2. The highest BCUT2D eigenvalue weighted by Crippen LogP contribution is 2.35. The first-order valence-corrected chi connectivity index (χ1v) is 6.39. The van der Waals surface area contributed by atoms with Crippen LogP contribution in [0.25, 0.3) is 10.9 Å². The first-order chi connectivity index (χ1) is 8.36. The SMILES string of the molecule is CNC1CCC(c2ccc3cccnc3c2)C1. The molecule has 2 aromatic rings. The highest BCUT2D eigenvalue weighted by Gasteiger charge is 2.24. The maximum atomic E-state index is 4.44. The van der Waals surface area contributed by atoms with Crippen LogP contribution in [0.3, 0.4) is 0 Å². The molecule has 1 aliphatic rings. The molecule has 1 heterocycles. The molecule has 0 amide bonds. The van der Waals surface area contributed by atoms with Gasteiger partial charge in [-0.15, -0.1) is 0 Å². The minimum Gasteiger partial charge on any atom is -0.317 e. The van der Waals surface area contributed by atoms with Crippen molar-refractivity contribution in [2.24, 2.45) is 0 Å². The molecule has 2 unspecified atom stereocenters. The molecular weight excluding hydrogens is 208 g/mol. The standard InChI is InChI=1S/C15H18N2/c1-16-14-7-6-12(9-14)13-5-4-11-3-2-8-17-15(11)10-13/h2-5,8,10,12,14,16H,6-7,9H2,1H3. The van der Waals surface area contributed by atoms with Gasteiger partial charge in [-0.3, -0.25) is 4.98 Å². The third kappa shape index (κ3) is 2.05. The number of fused-ring (bicyclic) bond motifs is 1. The number of hydrogen-bond donors (Lipinski definition) is 1. The van der Waals surface area contributed by atoms with Crippen molar-refractivity contribution in [1.82, 2.24) is 10.3 Å². The van der Waals surface area contributed by atoms with E-state index >= 15 is 0 Å². The fraction of sp³-hybridized carbons (Fsp3) is 0.400. The van der Waals surface area contributed by atoms with E-state index in [-0.39, 0.29) is 0 Å². The number of hydrogen-bond acceptors (Lipinski definition) is 2. The highest BCUT2D eigenvalue weighted by atomic mass is 14.9. The highest BCUT2D eigenvalue weighted by molar-refractivity contribution is 5.79. The summed E-state index contributed by atoms with van der Waals surface area (Å²) in [6.45, 7) is 0. The summed E-state index contributed by atoms with van der Waals surface area (Å²) in [6.07, 6.45) is 5.72. The van der Waals surface area contributed by atoms with Crippen molar-refractivity contribution in [1.29, 1.82) is 0 Å². The third-order valence-electron chi connectivity index (χ3n) is 3.94. The largest absolute Gasteiger partial charge is 0.317 e. The Morgan fingerprint density at radius 2 is 2.18 bits per heavy atom.